The van der Waals surface area contributed by atoms with Gasteiger partial charge in [0.2, 0.25) is 16.9 Å². The molecular formula is C19H17ClN6O3S2. The van der Waals surface area contributed by atoms with Gasteiger partial charge in [0.25, 0.3) is 5.91 Å². The van der Waals surface area contributed by atoms with Crippen LogP contribution in [-0.2, 0) is 9.59 Å². The summed E-state index contributed by atoms with van der Waals surface area (Å²) in [4.78, 5) is 35.1. The number of hydrogen-bond acceptors (Lipinski definition) is 8. The molecule has 9 nitrogen and oxygen atoms in total. The van der Waals surface area contributed by atoms with E-state index in [1.807, 2.05) is 6.07 Å². The van der Waals surface area contributed by atoms with E-state index in [0.717, 1.165) is 5.69 Å². The molecule has 0 fully saturated rings. The van der Waals surface area contributed by atoms with E-state index in [1.165, 1.54) is 30.0 Å². The van der Waals surface area contributed by atoms with Crippen molar-refractivity contribution in [1.82, 2.24) is 21.0 Å². The number of halogens is 1. The largest absolute Gasteiger partial charge is 0.330 e. The van der Waals surface area contributed by atoms with E-state index in [0.29, 0.717) is 25.7 Å². The number of benzene rings is 2. The molecule has 160 valence electrons. The van der Waals surface area contributed by atoms with Gasteiger partial charge < -0.3 is 10.6 Å². The topological polar surface area (TPSA) is 125 Å². The molecule has 4 N–H and O–H groups in total. The number of anilines is 3. The van der Waals surface area contributed by atoms with E-state index < -0.39 is 5.91 Å². The normalized spacial score (nSPS) is 10.3. The van der Waals surface area contributed by atoms with Crippen LogP contribution in [0, 0.1) is 0 Å². The zero-order valence-corrected chi connectivity index (χ0v) is 18.5. The summed E-state index contributed by atoms with van der Waals surface area (Å²) in [5.41, 5.74) is 6.46. The molecule has 12 heteroatoms. The molecule has 0 unspecified atom stereocenters. The number of thioether (sulfide) groups is 1. The van der Waals surface area contributed by atoms with Crippen molar-refractivity contribution in [3.05, 3.63) is 59.1 Å². The number of aromatic nitrogens is 2. The lowest BCUT2D eigenvalue weighted by molar-refractivity contribution is -0.119. The fourth-order valence-electron chi connectivity index (χ4n) is 2.28. The lowest BCUT2D eigenvalue weighted by atomic mass is 10.2. The van der Waals surface area contributed by atoms with Gasteiger partial charge in [0.15, 0.2) is 4.34 Å². The van der Waals surface area contributed by atoms with Crippen LogP contribution in [0.25, 0.3) is 0 Å². The molecule has 0 bridgehead atoms. The summed E-state index contributed by atoms with van der Waals surface area (Å²) in [5, 5.41) is 14.9. The fourth-order valence-corrected chi connectivity index (χ4v) is 3.98. The van der Waals surface area contributed by atoms with Crippen LogP contribution >= 0.6 is 34.7 Å². The Morgan fingerprint density at radius 3 is 2.52 bits per heavy atom. The quantitative estimate of drug-likeness (QED) is 0.304. The Hall–Kier alpha value is -3.15. The van der Waals surface area contributed by atoms with Crippen molar-refractivity contribution in [1.29, 1.82) is 0 Å². The molecule has 0 atom stereocenters. The molecule has 0 spiro atoms. The van der Waals surface area contributed by atoms with Gasteiger partial charge in [0, 0.05) is 28.9 Å². The van der Waals surface area contributed by atoms with Crippen LogP contribution in [0.3, 0.4) is 0 Å². The molecule has 0 aliphatic carbocycles. The summed E-state index contributed by atoms with van der Waals surface area (Å²) in [7, 11) is 0. The van der Waals surface area contributed by atoms with Crippen LogP contribution in [-0.4, -0.2) is 33.7 Å². The van der Waals surface area contributed by atoms with Crippen molar-refractivity contribution >= 4 is 68.9 Å². The maximum Gasteiger partial charge on any atom is 0.269 e. The summed E-state index contributed by atoms with van der Waals surface area (Å²) in [6.07, 6.45) is 0. The minimum atomic E-state index is -0.445. The van der Waals surface area contributed by atoms with Crippen LogP contribution < -0.4 is 21.5 Å². The molecule has 2 aromatic carbocycles. The van der Waals surface area contributed by atoms with E-state index in [1.54, 1.807) is 42.5 Å². The molecule has 3 rings (SSSR count). The molecule has 0 aliphatic heterocycles. The van der Waals surface area contributed by atoms with Gasteiger partial charge in [-0.25, -0.2) is 0 Å². The first-order valence-electron chi connectivity index (χ1n) is 8.85. The molecule has 1 heterocycles. The van der Waals surface area contributed by atoms with Crippen LogP contribution in [0.1, 0.15) is 17.3 Å². The molecular weight excluding hydrogens is 460 g/mol. The second kappa shape index (κ2) is 10.8. The van der Waals surface area contributed by atoms with Gasteiger partial charge in [0.1, 0.15) is 0 Å². The minimum absolute atomic E-state index is 0.0492. The number of nitrogens with zero attached hydrogens (tertiary/aromatic N) is 2. The third-order valence-electron chi connectivity index (χ3n) is 3.59. The van der Waals surface area contributed by atoms with E-state index in [-0.39, 0.29) is 17.6 Å². The summed E-state index contributed by atoms with van der Waals surface area (Å²) >= 11 is 8.24. The first-order chi connectivity index (χ1) is 14.9. The van der Waals surface area contributed by atoms with Gasteiger partial charge in [-0.3, -0.25) is 25.2 Å². The molecule has 0 radical (unpaired) electrons. The molecule has 0 saturated heterocycles. The third-order valence-corrected chi connectivity index (χ3v) is 5.81. The predicted octanol–water partition coefficient (Wildman–Crippen LogP) is 3.45. The number of hydrazine groups is 1. The van der Waals surface area contributed by atoms with Crippen molar-refractivity contribution in [3.63, 3.8) is 0 Å². The van der Waals surface area contributed by atoms with Gasteiger partial charge in [-0.1, -0.05) is 40.8 Å². The van der Waals surface area contributed by atoms with Gasteiger partial charge >= 0.3 is 0 Å². The van der Waals surface area contributed by atoms with Gasteiger partial charge in [-0.15, -0.1) is 10.2 Å². The fraction of sp³-hybridized carbons (Fsp3) is 0.105. The highest BCUT2D eigenvalue weighted by atomic mass is 35.5. The summed E-state index contributed by atoms with van der Waals surface area (Å²) in [5.74, 6) is -0.943. The first-order valence-corrected chi connectivity index (χ1v) is 11.0. The standard InChI is InChI=1S/C19H17ClN6O3S2/c1-11(27)21-14-3-2-4-15(9-14)22-18-25-26-19(31-18)30-10-16(28)23-24-17(29)12-5-7-13(20)8-6-12/h2-9H,10H2,1H3,(H,21,27)(H,22,25)(H,23,28)(H,24,29). The monoisotopic (exact) mass is 476 g/mol. The van der Waals surface area contributed by atoms with Gasteiger partial charge in [-0.05, 0) is 42.5 Å². The number of carbonyl (C=O) groups excluding carboxylic acids is 3. The Morgan fingerprint density at radius 1 is 1.03 bits per heavy atom. The Morgan fingerprint density at radius 2 is 1.77 bits per heavy atom. The van der Waals surface area contributed by atoms with Crippen molar-refractivity contribution in [2.24, 2.45) is 0 Å². The number of rotatable bonds is 7. The molecule has 3 aromatic rings. The molecule has 31 heavy (non-hydrogen) atoms. The second-order valence-electron chi connectivity index (χ2n) is 6.06. The van der Waals surface area contributed by atoms with Gasteiger partial charge in [0.05, 0.1) is 5.75 Å². The van der Waals surface area contributed by atoms with E-state index in [2.05, 4.69) is 31.7 Å². The number of hydrogen-bond donors (Lipinski definition) is 4. The van der Waals surface area contributed by atoms with E-state index in [9.17, 15) is 14.4 Å². The average molecular weight is 477 g/mol. The lowest BCUT2D eigenvalue weighted by Crippen LogP contribution is -2.42. The van der Waals surface area contributed by atoms with Crippen LogP contribution in [0.4, 0.5) is 16.5 Å². The smallest absolute Gasteiger partial charge is 0.269 e. The Kier molecular flexibility index (Phi) is 7.82. The Bertz CT molecular complexity index is 1090. The SMILES string of the molecule is CC(=O)Nc1cccc(Nc2nnc(SCC(=O)NNC(=O)c3ccc(Cl)cc3)s2)c1. The maximum atomic E-state index is 12.0. The summed E-state index contributed by atoms with van der Waals surface area (Å²) < 4.78 is 0.583. The average Bonchev–Trinajstić information content (AvgIpc) is 3.18. The van der Waals surface area contributed by atoms with E-state index in [4.69, 9.17) is 11.6 Å². The third kappa shape index (κ3) is 7.24. The highest BCUT2D eigenvalue weighted by Crippen LogP contribution is 2.28. The first kappa shape index (κ1) is 22.5. The molecule has 0 aliphatic rings. The van der Waals surface area contributed by atoms with Crippen LogP contribution in [0.2, 0.25) is 5.02 Å². The number of amides is 3. The van der Waals surface area contributed by atoms with Crippen LogP contribution in [0.5, 0.6) is 0 Å². The summed E-state index contributed by atoms with van der Waals surface area (Å²) in [6.45, 7) is 1.44. The Balaban J connectivity index is 1.45. The molecule has 3 amide bonds. The molecule has 1 aromatic heterocycles. The highest BCUT2D eigenvalue weighted by molar-refractivity contribution is 8.01. The van der Waals surface area contributed by atoms with Crippen molar-refractivity contribution in [3.8, 4) is 0 Å². The summed E-state index contributed by atoms with van der Waals surface area (Å²) in [6, 6.07) is 13.5. The Labute approximate surface area is 190 Å². The highest BCUT2D eigenvalue weighted by Gasteiger charge is 2.11. The van der Waals surface area contributed by atoms with E-state index >= 15 is 0 Å². The van der Waals surface area contributed by atoms with Crippen molar-refractivity contribution in [2.75, 3.05) is 16.4 Å². The predicted molar refractivity (Wildman–Crippen MR) is 122 cm³/mol. The zero-order chi connectivity index (χ0) is 22.2. The van der Waals surface area contributed by atoms with Crippen LogP contribution in [0.15, 0.2) is 52.9 Å². The zero-order valence-electron chi connectivity index (χ0n) is 16.1. The number of carbonyl (C=O) groups is 3. The number of nitrogens with one attached hydrogen (secondary N) is 4. The van der Waals surface area contributed by atoms with Gasteiger partial charge in [-0.2, -0.15) is 0 Å². The lowest BCUT2D eigenvalue weighted by Gasteiger charge is -2.06. The maximum absolute atomic E-state index is 12.0. The second-order valence-corrected chi connectivity index (χ2v) is 8.69. The molecule has 0 saturated carbocycles. The van der Waals surface area contributed by atoms with Crippen molar-refractivity contribution in [2.45, 2.75) is 11.3 Å². The minimum Gasteiger partial charge on any atom is -0.330 e. The van der Waals surface area contributed by atoms with Crippen molar-refractivity contribution < 1.29 is 14.4 Å².